The quantitative estimate of drug-likeness (QED) is 0.221. The highest BCUT2D eigenvalue weighted by Crippen LogP contribution is 2.35. The summed E-state index contributed by atoms with van der Waals surface area (Å²) in [4.78, 5) is 57.0. The molecule has 0 saturated heterocycles. The van der Waals surface area contributed by atoms with Gasteiger partial charge in [0.2, 0.25) is 0 Å². The molecular formula is C25H18N4O5S. The van der Waals surface area contributed by atoms with Crippen LogP contribution >= 0.6 is 11.3 Å². The molecule has 0 radical (unpaired) electrons. The summed E-state index contributed by atoms with van der Waals surface area (Å²) in [5.74, 6) is -2.17. The molecular weight excluding hydrogens is 468 g/mol. The summed E-state index contributed by atoms with van der Waals surface area (Å²) in [7, 11) is 0. The minimum absolute atomic E-state index is 0.0872. The van der Waals surface area contributed by atoms with Crippen molar-refractivity contribution in [1.82, 2.24) is 9.88 Å². The third-order valence-electron chi connectivity index (χ3n) is 5.79. The van der Waals surface area contributed by atoms with Crippen molar-refractivity contribution in [3.8, 4) is 0 Å². The second-order valence-electron chi connectivity index (χ2n) is 7.87. The number of fused-ring (bicyclic) bond motifs is 2. The van der Waals surface area contributed by atoms with Crippen LogP contribution < -0.4 is 4.90 Å². The van der Waals surface area contributed by atoms with Crippen molar-refractivity contribution in [3.05, 3.63) is 93.5 Å². The van der Waals surface area contributed by atoms with E-state index in [2.05, 4.69) is 4.98 Å². The number of rotatable bonds is 6. The van der Waals surface area contributed by atoms with Crippen molar-refractivity contribution in [1.29, 1.82) is 0 Å². The zero-order chi connectivity index (χ0) is 24.7. The van der Waals surface area contributed by atoms with Gasteiger partial charge in [-0.15, -0.1) is 0 Å². The molecule has 1 aliphatic heterocycles. The summed E-state index contributed by atoms with van der Waals surface area (Å²) >= 11 is 1.31. The second-order valence-corrected chi connectivity index (χ2v) is 8.88. The van der Waals surface area contributed by atoms with E-state index >= 15 is 0 Å². The van der Waals surface area contributed by atoms with Gasteiger partial charge < -0.3 is 0 Å². The van der Waals surface area contributed by atoms with E-state index in [1.165, 1.54) is 28.4 Å². The number of aryl methyl sites for hydroxylation is 1. The number of nitro benzene ring substituents is 1. The number of benzene rings is 3. The van der Waals surface area contributed by atoms with E-state index in [0.29, 0.717) is 16.3 Å². The van der Waals surface area contributed by atoms with Crippen molar-refractivity contribution in [3.63, 3.8) is 0 Å². The monoisotopic (exact) mass is 486 g/mol. The Morgan fingerprint density at radius 3 is 2.46 bits per heavy atom. The van der Waals surface area contributed by atoms with E-state index in [9.17, 15) is 24.5 Å². The number of para-hydroxylation sites is 1. The lowest BCUT2D eigenvalue weighted by Gasteiger charge is -2.23. The number of nitro groups is 1. The summed E-state index contributed by atoms with van der Waals surface area (Å²) in [6, 6.07) is 18.7. The molecule has 1 aliphatic rings. The number of hydrogen-bond acceptors (Lipinski definition) is 7. The Hall–Kier alpha value is -4.44. The molecule has 0 unspecified atom stereocenters. The Labute approximate surface area is 203 Å². The molecule has 3 aromatic carbocycles. The normalized spacial score (nSPS) is 12.8. The van der Waals surface area contributed by atoms with Crippen molar-refractivity contribution < 1.29 is 19.3 Å². The smallest absolute Gasteiger partial charge is 0.272 e. The topological polar surface area (TPSA) is 114 Å². The number of anilines is 2. The Morgan fingerprint density at radius 2 is 1.77 bits per heavy atom. The Bertz CT molecular complexity index is 1480. The molecule has 4 aromatic rings. The maximum absolute atomic E-state index is 13.6. The van der Waals surface area contributed by atoms with Gasteiger partial charge in [0.15, 0.2) is 5.13 Å². The van der Waals surface area contributed by atoms with Crippen LogP contribution in [0.1, 0.15) is 33.2 Å². The molecule has 0 bridgehead atoms. The van der Waals surface area contributed by atoms with Crippen LogP contribution in [0.25, 0.3) is 10.2 Å². The molecule has 174 valence electrons. The molecule has 0 atom stereocenters. The minimum atomic E-state index is -0.865. The number of amides is 3. The van der Waals surface area contributed by atoms with Gasteiger partial charge >= 0.3 is 0 Å². The van der Waals surface area contributed by atoms with Gasteiger partial charge in [-0.2, -0.15) is 0 Å². The van der Waals surface area contributed by atoms with E-state index in [1.54, 1.807) is 12.1 Å². The van der Waals surface area contributed by atoms with Crippen LogP contribution in [0.3, 0.4) is 0 Å². The van der Waals surface area contributed by atoms with Gasteiger partial charge in [-0.3, -0.25) is 34.3 Å². The van der Waals surface area contributed by atoms with Crippen molar-refractivity contribution >= 4 is 55.8 Å². The first-order valence-corrected chi connectivity index (χ1v) is 11.6. The predicted molar refractivity (Wildman–Crippen MR) is 131 cm³/mol. The SMILES string of the molecule is CCc1ccc(N(C(=O)CN2C(=O)c3cccc([N+](=O)[O-])c3C2=O)c2nc3ccccc3s2)cc1. The highest BCUT2D eigenvalue weighted by molar-refractivity contribution is 7.22. The first-order valence-electron chi connectivity index (χ1n) is 10.8. The van der Waals surface area contributed by atoms with Gasteiger partial charge in [0.05, 0.1) is 26.4 Å². The van der Waals surface area contributed by atoms with Gasteiger partial charge in [0, 0.05) is 6.07 Å². The molecule has 9 nitrogen and oxygen atoms in total. The minimum Gasteiger partial charge on any atom is -0.272 e. The number of imide groups is 1. The third kappa shape index (κ3) is 3.83. The molecule has 3 amide bonds. The first-order chi connectivity index (χ1) is 16.9. The number of thiazole rings is 1. The summed E-state index contributed by atoms with van der Waals surface area (Å²) < 4.78 is 0.877. The first kappa shape index (κ1) is 22.4. The Balaban J connectivity index is 1.53. The zero-order valence-corrected chi connectivity index (χ0v) is 19.3. The van der Waals surface area contributed by atoms with Crippen LogP contribution in [-0.2, 0) is 11.2 Å². The maximum atomic E-state index is 13.6. The highest BCUT2D eigenvalue weighted by Gasteiger charge is 2.42. The highest BCUT2D eigenvalue weighted by atomic mass is 32.1. The average Bonchev–Trinajstić information content (AvgIpc) is 3.39. The van der Waals surface area contributed by atoms with Crippen LogP contribution in [-0.4, -0.2) is 39.1 Å². The number of carbonyl (C=O) groups excluding carboxylic acids is 3. The molecule has 0 fully saturated rings. The standard InChI is InChI=1S/C25H18N4O5S/c1-2-15-10-12-16(13-11-15)28(25-26-18-7-3-4-9-20(18)35-25)21(30)14-27-23(31)17-6-5-8-19(29(33)34)22(17)24(27)32/h3-13H,2,14H2,1H3. The fraction of sp³-hybridized carbons (Fsp3) is 0.120. The number of carbonyl (C=O) groups is 3. The van der Waals surface area contributed by atoms with E-state index in [4.69, 9.17) is 0 Å². The second kappa shape index (κ2) is 8.73. The zero-order valence-electron chi connectivity index (χ0n) is 18.5. The van der Waals surface area contributed by atoms with Gasteiger partial charge in [0.1, 0.15) is 12.1 Å². The van der Waals surface area contributed by atoms with Crippen molar-refractivity contribution in [2.75, 3.05) is 11.4 Å². The van der Waals surface area contributed by atoms with E-state index in [0.717, 1.165) is 27.7 Å². The van der Waals surface area contributed by atoms with Gasteiger partial charge in [-0.05, 0) is 42.3 Å². The number of hydrogen-bond donors (Lipinski definition) is 0. The van der Waals surface area contributed by atoms with Crippen LogP contribution in [0.4, 0.5) is 16.5 Å². The summed E-state index contributed by atoms with van der Waals surface area (Å²) in [5, 5.41) is 11.8. The molecule has 1 aromatic heterocycles. The molecule has 0 saturated carbocycles. The molecule has 0 aliphatic carbocycles. The van der Waals surface area contributed by atoms with Crippen LogP contribution in [0.5, 0.6) is 0 Å². The fourth-order valence-electron chi connectivity index (χ4n) is 4.01. The number of nitrogens with zero attached hydrogens (tertiary/aromatic N) is 4. The summed E-state index contributed by atoms with van der Waals surface area (Å²) in [5.41, 5.74) is 1.48. The van der Waals surface area contributed by atoms with Gasteiger partial charge in [-0.25, -0.2) is 4.98 Å². The average molecular weight is 487 g/mol. The molecule has 35 heavy (non-hydrogen) atoms. The van der Waals surface area contributed by atoms with Crippen LogP contribution in [0, 0.1) is 10.1 Å². The van der Waals surface area contributed by atoms with Gasteiger partial charge in [-0.1, -0.05) is 48.6 Å². The maximum Gasteiger partial charge on any atom is 0.282 e. The summed E-state index contributed by atoms with van der Waals surface area (Å²) in [6.07, 6.45) is 0.823. The van der Waals surface area contributed by atoms with Crippen molar-refractivity contribution in [2.24, 2.45) is 0 Å². The lowest BCUT2D eigenvalue weighted by Crippen LogP contribution is -2.41. The fourth-order valence-corrected chi connectivity index (χ4v) is 5.02. The van der Waals surface area contributed by atoms with Crippen LogP contribution in [0.2, 0.25) is 0 Å². The lowest BCUT2D eigenvalue weighted by atomic mass is 10.1. The Kier molecular flexibility index (Phi) is 5.58. The van der Waals surface area contributed by atoms with Crippen molar-refractivity contribution in [2.45, 2.75) is 13.3 Å². The van der Waals surface area contributed by atoms with E-state index in [-0.39, 0.29) is 11.1 Å². The van der Waals surface area contributed by atoms with E-state index < -0.39 is 34.9 Å². The molecule has 10 heteroatoms. The lowest BCUT2D eigenvalue weighted by molar-refractivity contribution is -0.385. The third-order valence-corrected chi connectivity index (χ3v) is 6.81. The molecule has 2 heterocycles. The Morgan fingerprint density at radius 1 is 1.03 bits per heavy atom. The molecule has 0 spiro atoms. The van der Waals surface area contributed by atoms with Crippen LogP contribution in [0.15, 0.2) is 66.7 Å². The largest absolute Gasteiger partial charge is 0.282 e. The molecule has 5 rings (SSSR count). The van der Waals surface area contributed by atoms with Gasteiger partial charge in [0.25, 0.3) is 23.4 Å². The number of aromatic nitrogens is 1. The predicted octanol–water partition coefficient (Wildman–Crippen LogP) is 4.73. The van der Waals surface area contributed by atoms with E-state index in [1.807, 2.05) is 43.3 Å². The summed E-state index contributed by atoms with van der Waals surface area (Å²) in [6.45, 7) is 1.43. The molecule has 0 N–H and O–H groups in total.